The average molecular weight is 434 g/mol. The van der Waals surface area contributed by atoms with Crippen molar-refractivity contribution in [3.63, 3.8) is 0 Å². The molecule has 8 heteroatoms. The lowest BCUT2D eigenvalue weighted by atomic mass is 9.98. The Kier molecular flexibility index (Phi) is 5.61. The van der Waals surface area contributed by atoms with Gasteiger partial charge in [0.15, 0.2) is 0 Å². The Labute approximate surface area is 185 Å². The topological polar surface area (TPSA) is 96.6 Å². The molecule has 0 amide bonds. The van der Waals surface area contributed by atoms with Crippen molar-refractivity contribution in [1.29, 1.82) is 0 Å². The molecule has 166 valence electrons. The van der Waals surface area contributed by atoms with Crippen LogP contribution in [0.25, 0.3) is 11.1 Å². The Hall–Kier alpha value is -3.81. The Morgan fingerprint density at radius 1 is 1.03 bits per heavy atom. The van der Waals surface area contributed by atoms with Gasteiger partial charge in [0.25, 0.3) is 5.56 Å². The van der Waals surface area contributed by atoms with Gasteiger partial charge < -0.3 is 15.3 Å². The Morgan fingerprint density at radius 2 is 1.72 bits per heavy atom. The van der Waals surface area contributed by atoms with Crippen molar-refractivity contribution >= 4 is 17.5 Å². The molecule has 0 saturated heterocycles. The van der Waals surface area contributed by atoms with Crippen LogP contribution in [0.4, 0.5) is 11.5 Å². The van der Waals surface area contributed by atoms with Crippen LogP contribution in [0.3, 0.4) is 0 Å². The first-order valence-electron chi connectivity index (χ1n) is 10.6. The van der Waals surface area contributed by atoms with Gasteiger partial charge in [0, 0.05) is 20.6 Å². The molecule has 0 radical (unpaired) electrons. The zero-order chi connectivity index (χ0) is 23.0. The number of hydrogen-bond acceptors (Lipinski definition) is 5. The zero-order valence-electron chi connectivity index (χ0n) is 18.3. The fourth-order valence-corrected chi connectivity index (χ4v) is 4.28. The third kappa shape index (κ3) is 3.57. The number of hydrogen-bond donors (Lipinski definition) is 2. The molecule has 0 spiro atoms. The molecule has 4 rings (SSSR count). The number of nitrogens with zero attached hydrogens (tertiary/aromatic N) is 3. The predicted octanol–water partition coefficient (Wildman–Crippen LogP) is 3.01. The second-order valence-corrected chi connectivity index (χ2v) is 8.03. The van der Waals surface area contributed by atoms with E-state index in [4.69, 9.17) is 0 Å². The van der Waals surface area contributed by atoms with Crippen LogP contribution >= 0.6 is 0 Å². The lowest BCUT2D eigenvalue weighted by molar-refractivity contribution is 0.0697. The second kappa shape index (κ2) is 8.37. The molecule has 0 saturated carbocycles. The minimum atomic E-state index is -0.964. The maximum Gasteiger partial charge on any atom is 0.336 e. The number of carbonyl (C=O) groups is 1. The third-order valence-electron chi connectivity index (χ3n) is 5.93. The fourth-order valence-electron chi connectivity index (χ4n) is 4.28. The van der Waals surface area contributed by atoms with Gasteiger partial charge in [-0.3, -0.25) is 13.9 Å². The quantitative estimate of drug-likeness (QED) is 0.619. The number of aromatic carboxylic acids is 1. The smallest absolute Gasteiger partial charge is 0.336 e. The highest BCUT2D eigenvalue weighted by atomic mass is 16.4. The summed E-state index contributed by atoms with van der Waals surface area (Å²) < 4.78 is 2.63. The molecule has 8 nitrogen and oxygen atoms in total. The van der Waals surface area contributed by atoms with Gasteiger partial charge in [-0.2, -0.15) is 0 Å². The van der Waals surface area contributed by atoms with Gasteiger partial charge in [-0.25, -0.2) is 9.59 Å². The van der Waals surface area contributed by atoms with Crippen LogP contribution in [0.2, 0.25) is 0 Å². The molecule has 2 aromatic carbocycles. The van der Waals surface area contributed by atoms with Crippen molar-refractivity contribution in [3.8, 4) is 11.1 Å². The summed E-state index contributed by atoms with van der Waals surface area (Å²) in [5.41, 5.74) is 2.48. The second-order valence-electron chi connectivity index (χ2n) is 8.03. The van der Waals surface area contributed by atoms with Gasteiger partial charge in [0.05, 0.1) is 5.56 Å². The minimum absolute atomic E-state index is 0.0943. The van der Waals surface area contributed by atoms with Gasteiger partial charge in [0.2, 0.25) is 0 Å². The van der Waals surface area contributed by atoms with Crippen LogP contribution in [-0.4, -0.2) is 26.4 Å². The number of rotatable bonds is 6. The Balaban J connectivity index is 1.70. The van der Waals surface area contributed by atoms with Crippen molar-refractivity contribution in [2.45, 2.75) is 32.5 Å². The number of carboxylic acids is 1. The zero-order valence-corrected chi connectivity index (χ0v) is 18.3. The molecule has 0 bridgehead atoms. The summed E-state index contributed by atoms with van der Waals surface area (Å²) in [4.78, 5) is 38.8. The fraction of sp³-hybridized carbons (Fsp3) is 0.292. The van der Waals surface area contributed by atoms with E-state index < -0.39 is 5.97 Å². The van der Waals surface area contributed by atoms with Crippen LogP contribution < -0.4 is 21.5 Å². The van der Waals surface area contributed by atoms with Crippen molar-refractivity contribution in [2.75, 3.05) is 10.2 Å². The monoisotopic (exact) mass is 434 g/mol. The van der Waals surface area contributed by atoms with Crippen molar-refractivity contribution in [3.05, 3.63) is 80.5 Å². The molecule has 32 heavy (non-hydrogen) atoms. The van der Waals surface area contributed by atoms with E-state index in [1.54, 1.807) is 25.2 Å². The first-order chi connectivity index (χ1) is 15.3. The number of fused-ring (bicyclic) bond motifs is 1. The molecular weight excluding hydrogens is 408 g/mol. The van der Waals surface area contributed by atoms with Gasteiger partial charge in [-0.1, -0.05) is 55.8 Å². The van der Waals surface area contributed by atoms with E-state index in [-0.39, 0.29) is 23.0 Å². The van der Waals surface area contributed by atoms with E-state index in [9.17, 15) is 19.5 Å². The molecule has 1 unspecified atom stereocenters. The highest BCUT2D eigenvalue weighted by molar-refractivity contribution is 5.96. The summed E-state index contributed by atoms with van der Waals surface area (Å²) in [7, 11) is 3.16. The number of nitrogens with one attached hydrogen (secondary N) is 1. The summed E-state index contributed by atoms with van der Waals surface area (Å²) in [5.74, 6) is -0.369. The Bertz CT molecular complexity index is 1290. The lowest BCUT2D eigenvalue weighted by Crippen LogP contribution is -2.39. The number of anilines is 2. The standard InChI is InChI=1S/C24H26N4O4/c1-4-7-19-25-20-21(26(2)24(32)27(3)22(20)29)28(19)14-15-10-12-16(13-11-15)17-8-5-6-9-18(17)23(30)31/h5-6,8-13,19,25H,4,7,14H2,1-3H3,(H,30,31). The highest BCUT2D eigenvalue weighted by Gasteiger charge is 2.33. The average Bonchev–Trinajstić information content (AvgIpc) is 3.15. The lowest BCUT2D eigenvalue weighted by Gasteiger charge is -2.27. The largest absolute Gasteiger partial charge is 0.478 e. The number of aromatic nitrogens is 2. The van der Waals surface area contributed by atoms with Gasteiger partial charge >= 0.3 is 11.7 Å². The summed E-state index contributed by atoms with van der Waals surface area (Å²) in [6.07, 6.45) is 1.64. The molecule has 1 atom stereocenters. The first kappa shape index (κ1) is 21.4. The molecule has 2 N–H and O–H groups in total. The molecule has 3 aromatic rings. The number of carboxylic acid groups (broad SMARTS) is 1. The maximum absolute atomic E-state index is 12.7. The molecule has 0 aliphatic carbocycles. The van der Waals surface area contributed by atoms with Gasteiger partial charge in [0.1, 0.15) is 17.7 Å². The molecule has 1 aliphatic heterocycles. The summed E-state index contributed by atoms with van der Waals surface area (Å²) in [6.45, 7) is 2.58. The van der Waals surface area contributed by atoms with E-state index in [1.165, 1.54) is 11.6 Å². The molecule has 1 aromatic heterocycles. The summed E-state index contributed by atoms with van der Waals surface area (Å²) in [5, 5.41) is 12.8. The minimum Gasteiger partial charge on any atom is -0.478 e. The van der Waals surface area contributed by atoms with Crippen LogP contribution in [-0.2, 0) is 20.6 Å². The van der Waals surface area contributed by atoms with Crippen molar-refractivity contribution in [2.24, 2.45) is 14.1 Å². The van der Waals surface area contributed by atoms with E-state index >= 15 is 0 Å². The molecule has 2 heterocycles. The van der Waals surface area contributed by atoms with Crippen LogP contribution in [0, 0.1) is 0 Å². The van der Waals surface area contributed by atoms with Crippen LogP contribution in [0.1, 0.15) is 35.7 Å². The third-order valence-corrected chi connectivity index (χ3v) is 5.93. The van der Waals surface area contributed by atoms with Crippen LogP contribution in [0.15, 0.2) is 58.1 Å². The maximum atomic E-state index is 12.7. The van der Waals surface area contributed by atoms with Crippen molar-refractivity contribution in [1.82, 2.24) is 9.13 Å². The van der Waals surface area contributed by atoms with E-state index in [0.717, 1.165) is 28.5 Å². The molecule has 1 aliphatic rings. The normalized spacial score (nSPS) is 14.8. The Morgan fingerprint density at radius 3 is 2.38 bits per heavy atom. The molecule has 0 fully saturated rings. The van der Waals surface area contributed by atoms with Crippen LogP contribution in [0.5, 0.6) is 0 Å². The van der Waals surface area contributed by atoms with E-state index in [1.807, 2.05) is 30.3 Å². The highest BCUT2D eigenvalue weighted by Crippen LogP contribution is 2.33. The van der Waals surface area contributed by atoms with Gasteiger partial charge in [-0.05, 0) is 29.2 Å². The molecular formula is C24H26N4O4. The summed E-state index contributed by atoms with van der Waals surface area (Å²) >= 11 is 0. The number of benzene rings is 2. The predicted molar refractivity (Wildman–Crippen MR) is 124 cm³/mol. The SMILES string of the molecule is CCCC1Nc2c(n(C)c(=O)n(C)c2=O)N1Cc1ccc(-c2ccccc2C(=O)O)cc1. The van der Waals surface area contributed by atoms with Gasteiger partial charge in [-0.15, -0.1) is 0 Å². The van der Waals surface area contributed by atoms with Crippen molar-refractivity contribution < 1.29 is 9.90 Å². The summed E-state index contributed by atoms with van der Waals surface area (Å²) in [6, 6.07) is 14.6. The van der Waals surface area contributed by atoms with E-state index in [2.05, 4.69) is 17.1 Å². The van der Waals surface area contributed by atoms with E-state index in [0.29, 0.717) is 23.6 Å². The first-order valence-corrected chi connectivity index (χ1v) is 10.6.